The third-order valence-corrected chi connectivity index (χ3v) is 5.49. The third-order valence-electron chi connectivity index (χ3n) is 5.49. The first-order valence-electron chi connectivity index (χ1n) is 9.94. The minimum absolute atomic E-state index is 0.133. The lowest BCUT2D eigenvalue weighted by Crippen LogP contribution is -2.03. The fourth-order valence-electron chi connectivity index (χ4n) is 3.77. The van der Waals surface area contributed by atoms with Crippen molar-refractivity contribution in [2.45, 2.75) is 20.5 Å². The van der Waals surface area contributed by atoms with Crippen LogP contribution in [-0.2, 0) is 6.61 Å². The van der Waals surface area contributed by atoms with Gasteiger partial charge < -0.3 is 10.5 Å². The molecule has 32 heavy (non-hydrogen) atoms. The van der Waals surface area contributed by atoms with Gasteiger partial charge in [0.1, 0.15) is 36.1 Å². The number of aromatic nitrogens is 1. The summed E-state index contributed by atoms with van der Waals surface area (Å²) in [4.78, 5) is 4.34. The fourth-order valence-corrected chi connectivity index (χ4v) is 3.77. The summed E-state index contributed by atoms with van der Waals surface area (Å²) in [6.45, 7) is 4.03. The second-order valence-corrected chi connectivity index (χ2v) is 7.49. The first-order valence-corrected chi connectivity index (χ1v) is 9.94. The second kappa shape index (κ2) is 8.37. The molecule has 1 aliphatic carbocycles. The number of halogens is 1. The lowest BCUT2D eigenvalue weighted by Gasteiger charge is -2.11. The average Bonchev–Trinajstić information content (AvgIpc) is 3.05. The second-order valence-electron chi connectivity index (χ2n) is 7.49. The van der Waals surface area contributed by atoms with Crippen LogP contribution >= 0.6 is 0 Å². The van der Waals surface area contributed by atoms with E-state index in [0.29, 0.717) is 34.8 Å². The van der Waals surface area contributed by atoms with Crippen LogP contribution in [-0.4, -0.2) is 4.98 Å². The van der Waals surface area contributed by atoms with Crippen LogP contribution in [0, 0.1) is 35.4 Å². The van der Waals surface area contributed by atoms with Crippen molar-refractivity contribution in [3.8, 4) is 17.9 Å². The van der Waals surface area contributed by atoms with Gasteiger partial charge in [-0.25, -0.2) is 9.37 Å². The molecule has 0 fully saturated rings. The SMILES string of the molecule is CC1=C(C#N)c2nc(N)c(C#N)c(C)c2/C1=C\c1ccc(OCc2ccc(F)cc2)cc1. The molecule has 0 unspecified atom stereocenters. The van der Waals surface area contributed by atoms with E-state index < -0.39 is 0 Å². The summed E-state index contributed by atoms with van der Waals surface area (Å²) >= 11 is 0. The molecule has 3 aromatic rings. The number of nitrogen functional groups attached to an aromatic ring is 1. The molecule has 0 spiro atoms. The summed E-state index contributed by atoms with van der Waals surface area (Å²) in [5.41, 5.74) is 12.2. The van der Waals surface area contributed by atoms with E-state index in [1.54, 1.807) is 12.1 Å². The van der Waals surface area contributed by atoms with Gasteiger partial charge in [0.25, 0.3) is 0 Å². The Morgan fingerprint density at radius 1 is 1.03 bits per heavy atom. The van der Waals surface area contributed by atoms with Gasteiger partial charge in [0.05, 0.1) is 16.8 Å². The summed E-state index contributed by atoms with van der Waals surface area (Å²) in [5, 5.41) is 19.1. The van der Waals surface area contributed by atoms with Crippen LogP contribution in [0.5, 0.6) is 5.75 Å². The number of benzene rings is 2. The molecule has 5 nitrogen and oxygen atoms in total. The molecule has 0 amide bonds. The predicted octanol–water partition coefficient (Wildman–Crippen LogP) is 5.41. The molecule has 0 bridgehead atoms. The minimum Gasteiger partial charge on any atom is -0.489 e. The third kappa shape index (κ3) is 3.71. The first kappa shape index (κ1) is 20.8. The smallest absolute Gasteiger partial charge is 0.142 e. The van der Waals surface area contributed by atoms with Crippen LogP contribution in [0.15, 0.2) is 54.1 Å². The molecule has 0 atom stereocenters. The number of rotatable bonds is 4. The molecule has 4 rings (SSSR count). The Bertz CT molecular complexity index is 1360. The highest BCUT2D eigenvalue weighted by atomic mass is 19.1. The fraction of sp³-hybridized carbons (Fsp3) is 0.115. The van der Waals surface area contributed by atoms with Crippen molar-refractivity contribution in [3.63, 3.8) is 0 Å². The van der Waals surface area contributed by atoms with Crippen molar-refractivity contribution in [3.05, 3.63) is 93.4 Å². The zero-order valence-electron chi connectivity index (χ0n) is 17.6. The summed E-state index contributed by atoms with van der Waals surface area (Å²) in [6.07, 6.45) is 1.97. The number of hydrogen-bond donors (Lipinski definition) is 1. The van der Waals surface area contributed by atoms with Gasteiger partial charge in [-0.15, -0.1) is 0 Å². The molecular weight excluding hydrogens is 403 g/mol. The van der Waals surface area contributed by atoms with Crippen molar-refractivity contribution >= 4 is 23.0 Å². The van der Waals surface area contributed by atoms with E-state index in [1.165, 1.54) is 12.1 Å². The average molecular weight is 422 g/mol. The van der Waals surface area contributed by atoms with Gasteiger partial charge in [-0.1, -0.05) is 24.3 Å². The number of pyridine rings is 1. The Hall–Kier alpha value is -4.42. The van der Waals surface area contributed by atoms with E-state index in [2.05, 4.69) is 17.1 Å². The number of nitriles is 2. The molecule has 1 aromatic heterocycles. The highest BCUT2D eigenvalue weighted by molar-refractivity contribution is 6.08. The number of fused-ring (bicyclic) bond motifs is 1. The first-order chi connectivity index (χ1) is 15.4. The summed E-state index contributed by atoms with van der Waals surface area (Å²) in [6, 6.07) is 18.0. The lowest BCUT2D eigenvalue weighted by atomic mass is 9.95. The van der Waals surface area contributed by atoms with E-state index in [-0.39, 0.29) is 11.6 Å². The quantitative estimate of drug-likeness (QED) is 0.606. The largest absolute Gasteiger partial charge is 0.489 e. The molecule has 0 aliphatic heterocycles. The van der Waals surface area contributed by atoms with Crippen LogP contribution in [0.2, 0.25) is 0 Å². The Kier molecular flexibility index (Phi) is 5.45. The Balaban J connectivity index is 1.64. The molecule has 2 aromatic carbocycles. The van der Waals surface area contributed by atoms with Crippen molar-refractivity contribution in [1.82, 2.24) is 4.98 Å². The normalized spacial score (nSPS) is 13.6. The van der Waals surface area contributed by atoms with E-state index in [1.807, 2.05) is 44.2 Å². The predicted molar refractivity (Wildman–Crippen MR) is 121 cm³/mol. The van der Waals surface area contributed by atoms with Crippen molar-refractivity contribution in [1.29, 1.82) is 10.5 Å². The maximum Gasteiger partial charge on any atom is 0.142 e. The number of nitrogens with two attached hydrogens (primary N) is 1. The maximum atomic E-state index is 13.0. The van der Waals surface area contributed by atoms with Crippen LogP contribution < -0.4 is 10.5 Å². The molecule has 0 saturated heterocycles. The topological polar surface area (TPSA) is 95.7 Å². The summed E-state index contributed by atoms with van der Waals surface area (Å²) in [7, 11) is 0. The van der Waals surface area contributed by atoms with Crippen molar-refractivity contribution in [2.75, 3.05) is 5.73 Å². The van der Waals surface area contributed by atoms with Crippen LogP contribution in [0.3, 0.4) is 0 Å². The standard InChI is InChI=1S/C26H19FN4O/c1-15-21(24-16(2)23(13-29)26(30)31-25(24)22(15)12-28)11-17-5-9-20(10-6-17)32-14-18-3-7-19(27)8-4-18/h3-11H,14H2,1-2H3,(H2,30,31)/b21-11-. The molecule has 1 aliphatic rings. The Morgan fingerprint density at radius 2 is 1.72 bits per heavy atom. The number of hydrogen-bond acceptors (Lipinski definition) is 5. The van der Waals surface area contributed by atoms with Gasteiger partial charge in [0.15, 0.2) is 0 Å². The van der Waals surface area contributed by atoms with E-state index in [0.717, 1.165) is 27.8 Å². The number of allylic oxidation sites excluding steroid dienone is 3. The van der Waals surface area contributed by atoms with E-state index >= 15 is 0 Å². The zero-order valence-corrected chi connectivity index (χ0v) is 17.6. The molecule has 2 N–H and O–H groups in total. The molecule has 6 heteroatoms. The highest BCUT2D eigenvalue weighted by Gasteiger charge is 2.29. The van der Waals surface area contributed by atoms with Crippen molar-refractivity contribution < 1.29 is 9.13 Å². The van der Waals surface area contributed by atoms with Crippen LogP contribution in [0.1, 0.15) is 40.4 Å². The zero-order chi connectivity index (χ0) is 22.8. The highest BCUT2D eigenvalue weighted by Crippen LogP contribution is 2.44. The van der Waals surface area contributed by atoms with Gasteiger partial charge in [0, 0.05) is 5.56 Å². The Morgan fingerprint density at radius 3 is 2.34 bits per heavy atom. The maximum absolute atomic E-state index is 13.0. The van der Waals surface area contributed by atoms with Crippen molar-refractivity contribution in [2.24, 2.45) is 0 Å². The van der Waals surface area contributed by atoms with E-state index in [4.69, 9.17) is 10.5 Å². The number of anilines is 1. The molecular formula is C26H19FN4O. The van der Waals surface area contributed by atoms with Gasteiger partial charge in [-0.05, 0) is 72.0 Å². The van der Waals surface area contributed by atoms with Gasteiger partial charge in [-0.3, -0.25) is 0 Å². The van der Waals surface area contributed by atoms with Crippen LogP contribution in [0.4, 0.5) is 10.2 Å². The van der Waals surface area contributed by atoms with Crippen LogP contribution in [0.25, 0.3) is 17.2 Å². The molecule has 0 saturated carbocycles. The van der Waals surface area contributed by atoms with Gasteiger partial charge in [0.2, 0.25) is 0 Å². The monoisotopic (exact) mass is 422 g/mol. The molecule has 0 radical (unpaired) electrons. The van der Waals surface area contributed by atoms with E-state index in [9.17, 15) is 14.9 Å². The lowest BCUT2D eigenvalue weighted by molar-refractivity contribution is 0.306. The van der Waals surface area contributed by atoms with Gasteiger partial charge >= 0.3 is 0 Å². The van der Waals surface area contributed by atoms with Gasteiger partial charge in [-0.2, -0.15) is 10.5 Å². The summed E-state index contributed by atoms with van der Waals surface area (Å²) < 4.78 is 18.8. The Labute approximate surface area is 185 Å². The molecule has 156 valence electrons. The minimum atomic E-state index is -0.279. The molecule has 1 heterocycles. The number of ether oxygens (including phenoxy) is 1. The summed E-state index contributed by atoms with van der Waals surface area (Å²) in [5.74, 6) is 0.539. The number of nitrogens with zero attached hydrogens (tertiary/aromatic N) is 3.